The standard InChI is InChI=1S/C12H17N3O4S2/c1-20-7-6-8(16)14(10(7)17)4-3-5-15-11(18)9(21-2)13-12(15)19/h7,9H,3-6H2,1-2H3,(H,13,19). The molecule has 0 aliphatic carbocycles. The SMILES string of the molecule is CSC1CC(=O)N(CCCN2C(=O)NC(SC)C2=O)C1=O. The summed E-state index contributed by atoms with van der Waals surface area (Å²) in [5, 5.41) is 1.74. The van der Waals surface area contributed by atoms with Crippen molar-refractivity contribution in [2.75, 3.05) is 25.6 Å². The van der Waals surface area contributed by atoms with E-state index in [1.165, 1.54) is 28.4 Å². The van der Waals surface area contributed by atoms with E-state index < -0.39 is 11.4 Å². The molecule has 2 heterocycles. The van der Waals surface area contributed by atoms with Crippen LogP contribution in [0.2, 0.25) is 0 Å². The van der Waals surface area contributed by atoms with Crippen LogP contribution in [0.3, 0.4) is 0 Å². The van der Waals surface area contributed by atoms with Gasteiger partial charge in [-0.2, -0.15) is 11.8 Å². The minimum Gasteiger partial charge on any atom is -0.317 e. The molecule has 0 aromatic rings. The zero-order valence-electron chi connectivity index (χ0n) is 11.8. The maximum absolute atomic E-state index is 11.9. The minimum atomic E-state index is -0.534. The van der Waals surface area contributed by atoms with Crippen LogP contribution in [0.25, 0.3) is 0 Å². The van der Waals surface area contributed by atoms with Gasteiger partial charge in [-0.05, 0) is 18.9 Å². The second kappa shape index (κ2) is 6.69. The summed E-state index contributed by atoms with van der Waals surface area (Å²) in [5.41, 5.74) is 0. The molecule has 0 radical (unpaired) electrons. The van der Waals surface area contributed by atoms with Crippen LogP contribution in [0, 0.1) is 0 Å². The maximum Gasteiger partial charge on any atom is 0.325 e. The van der Waals surface area contributed by atoms with Gasteiger partial charge in [0, 0.05) is 19.5 Å². The Labute approximate surface area is 131 Å². The van der Waals surface area contributed by atoms with Crippen molar-refractivity contribution in [2.45, 2.75) is 23.5 Å². The van der Waals surface area contributed by atoms with Crippen LogP contribution in [0.15, 0.2) is 0 Å². The molecule has 21 heavy (non-hydrogen) atoms. The second-order valence-corrected chi connectivity index (χ2v) is 6.70. The number of amides is 5. The third-order valence-electron chi connectivity index (χ3n) is 3.48. The molecule has 0 aromatic carbocycles. The number of urea groups is 1. The predicted octanol–water partition coefficient (Wildman–Crippen LogP) is 0.108. The van der Waals surface area contributed by atoms with Gasteiger partial charge in [0.05, 0.1) is 5.25 Å². The number of thioether (sulfide) groups is 2. The molecule has 2 saturated heterocycles. The Morgan fingerprint density at radius 1 is 1.05 bits per heavy atom. The van der Waals surface area contributed by atoms with Gasteiger partial charge in [0.15, 0.2) is 5.37 Å². The van der Waals surface area contributed by atoms with E-state index >= 15 is 0 Å². The summed E-state index contributed by atoms with van der Waals surface area (Å²) in [6.07, 6.45) is 4.18. The highest BCUT2D eigenvalue weighted by molar-refractivity contribution is 8.00. The number of carbonyl (C=O) groups is 4. The maximum atomic E-state index is 11.9. The Hall–Kier alpha value is -1.22. The van der Waals surface area contributed by atoms with Gasteiger partial charge in [-0.15, -0.1) is 11.8 Å². The van der Waals surface area contributed by atoms with Gasteiger partial charge in [0.1, 0.15) is 0 Å². The summed E-state index contributed by atoms with van der Waals surface area (Å²) in [4.78, 5) is 49.5. The van der Waals surface area contributed by atoms with Crippen molar-refractivity contribution in [2.24, 2.45) is 0 Å². The highest BCUT2D eigenvalue weighted by atomic mass is 32.2. The van der Waals surface area contributed by atoms with Gasteiger partial charge in [-0.1, -0.05) is 0 Å². The number of nitrogens with one attached hydrogen (secondary N) is 1. The minimum absolute atomic E-state index is 0.174. The van der Waals surface area contributed by atoms with Crippen molar-refractivity contribution >= 4 is 47.3 Å². The summed E-state index contributed by atoms with van der Waals surface area (Å²) in [5.74, 6) is -0.626. The van der Waals surface area contributed by atoms with E-state index in [1.807, 2.05) is 0 Å². The first-order chi connectivity index (χ1) is 9.99. The van der Waals surface area contributed by atoms with Crippen molar-refractivity contribution in [3.8, 4) is 0 Å². The molecule has 0 bridgehead atoms. The van der Waals surface area contributed by atoms with E-state index in [0.717, 1.165) is 4.90 Å². The van der Waals surface area contributed by atoms with E-state index in [-0.39, 0.29) is 42.5 Å². The monoisotopic (exact) mass is 331 g/mol. The molecule has 0 saturated carbocycles. The fourth-order valence-electron chi connectivity index (χ4n) is 2.32. The van der Waals surface area contributed by atoms with Crippen molar-refractivity contribution in [1.29, 1.82) is 0 Å². The van der Waals surface area contributed by atoms with Gasteiger partial charge in [0.25, 0.3) is 5.91 Å². The van der Waals surface area contributed by atoms with E-state index in [2.05, 4.69) is 5.32 Å². The molecule has 2 aliphatic rings. The molecule has 2 atom stereocenters. The van der Waals surface area contributed by atoms with Gasteiger partial charge >= 0.3 is 6.03 Å². The Morgan fingerprint density at radius 3 is 2.24 bits per heavy atom. The molecule has 0 aromatic heterocycles. The molecule has 2 unspecified atom stereocenters. The van der Waals surface area contributed by atoms with Crippen molar-refractivity contribution in [3.05, 3.63) is 0 Å². The van der Waals surface area contributed by atoms with E-state index in [4.69, 9.17) is 0 Å². The second-order valence-electron chi connectivity index (χ2n) is 4.72. The molecular formula is C12H17N3O4S2. The summed E-state index contributed by atoms with van der Waals surface area (Å²) in [6.45, 7) is 0.457. The lowest BCUT2D eigenvalue weighted by atomic mass is 10.3. The van der Waals surface area contributed by atoms with Crippen LogP contribution in [0.1, 0.15) is 12.8 Å². The van der Waals surface area contributed by atoms with Crippen molar-refractivity contribution < 1.29 is 19.2 Å². The lowest BCUT2D eigenvalue weighted by molar-refractivity contribution is -0.138. The Bertz CT molecular complexity index is 443. The van der Waals surface area contributed by atoms with Gasteiger partial charge < -0.3 is 5.32 Å². The topological polar surface area (TPSA) is 86.8 Å². The third-order valence-corrected chi connectivity index (χ3v) is 5.20. The molecule has 0 spiro atoms. The number of imide groups is 2. The Morgan fingerprint density at radius 2 is 1.71 bits per heavy atom. The molecule has 2 aliphatic heterocycles. The lowest BCUT2D eigenvalue weighted by Crippen LogP contribution is -2.37. The highest BCUT2D eigenvalue weighted by Gasteiger charge is 2.39. The van der Waals surface area contributed by atoms with Crippen LogP contribution in [0.4, 0.5) is 4.79 Å². The van der Waals surface area contributed by atoms with Crippen LogP contribution in [-0.4, -0.2) is 69.8 Å². The molecule has 7 nitrogen and oxygen atoms in total. The third kappa shape index (κ3) is 3.18. The van der Waals surface area contributed by atoms with Gasteiger partial charge in [-0.25, -0.2) is 4.79 Å². The number of carbonyl (C=O) groups excluding carboxylic acids is 4. The first-order valence-corrected chi connectivity index (χ1v) is 9.08. The van der Waals surface area contributed by atoms with Crippen molar-refractivity contribution in [1.82, 2.24) is 15.1 Å². The van der Waals surface area contributed by atoms with Crippen LogP contribution in [0.5, 0.6) is 0 Å². The predicted molar refractivity (Wildman–Crippen MR) is 80.8 cm³/mol. The molecule has 2 rings (SSSR count). The fourth-order valence-corrected chi connectivity index (χ4v) is 3.51. The molecule has 2 fully saturated rings. The van der Waals surface area contributed by atoms with E-state index in [0.29, 0.717) is 6.42 Å². The highest BCUT2D eigenvalue weighted by Crippen LogP contribution is 2.23. The van der Waals surface area contributed by atoms with E-state index in [9.17, 15) is 19.2 Å². The normalized spacial score (nSPS) is 26.0. The summed E-state index contributed by atoms with van der Waals surface area (Å²) in [6, 6.07) is -0.416. The summed E-state index contributed by atoms with van der Waals surface area (Å²) < 4.78 is 0. The van der Waals surface area contributed by atoms with Gasteiger partial charge in [0.2, 0.25) is 11.8 Å². The van der Waals surface area contributed by atoms with E-state index in [1.54, 1.807) is 12.5 Å². The zero-order valence-corrected chi connectivity index (χ0v) is 13.5. The zero-order chi connectivity index (χ0) is 15.6. The molecule has 5 amide bonds. The average molecular weight is 331 g/mol. The number of hydrogen-bond donors (Lipinski definition) is 1. The number of nitrogens with zero attached hydrogens (tertiary/aromatic N) is 2. The van der Waals surface area contributed by atoms with Gasteiger partial charge in [-0.3, -0.25) is 24.2 Å². The number of likely N-dealkylation sites (tertiary alicyclic amines) is 1. The first-order valence-electron chi connectivity index (χ1n) is 6.51. The fraction of sp³-hybridized carbons (Fsp3) is 0.667. The number of rotatable bonds is 6. The first kappa shape index (κ1) is 16.2. The molecular weight excluding hydrogens is 314 g/mol. The Kier molecular flexibility index (Phi) is 5.15. The molecule has 116 valence electrons. The molecule has 9 heteroatoms. The largest absolute Gasteiger partial charge is 0.325 e. The summed E-state index contributed by atoms with van der Waals surface area (Å²) >= 11 is 2.63. The number of hydrogen-bond acceptors (Lipinski definition) is 6. The quantitative estimate of drug-likeness (QED) is 0.549. The smallest absolute Gasteiger partial charge is 0.317 e. The van der Waals surface area contributed by atoms with Crippen LogP contribution < -0.4 is 5.32 Å². The molecule has 1 N–H and O–H groups in total. The van der Waals surface area contributed by atoms with Crippen LogP contribution >= 0.6 is 23.5 Å². The Balaban J connectivity index is 1.85. The van der Waals surface area contributed by atoms with Crippen molar-refractivity contribution in [3.63, 3.8) is 0 Å². The van der Waals surface area contributed by atoms with Crippen LogP contribution in [-0.2, 0) is 14.4 Å². The average Bonchev–Trinajstić information content (AvgIpc) is 2.89. The summed E-state index contributed by atoms with van der Waals surface area (Å²) in [7, 11) is 0. The lowest BCUT2D eigenvalue weighted by Gasteiger charge is -2.17.